The topological polar surface area (TPSA) is 64.1 Å². The molecule has 1 atom stereocenters. The van der Waals surface area contributed by atoms with E-state index in [1.165, 1.54) is 6.33 Å². The van der Waals surface area contributed by atoms with Gasteiger partial charge in [0.2, 0.25) is 0 Å². The zero-order chi connectivity index (χ0) is 12.8. The largest absolute Gasteiger partial charge is 0.463 e. The molecule has 0 aliphatic rings. The predicted molar refractivity (Wildman–Crippen MR) is 65.7 cm³/mol. The Labute approximate surface area is 102 Å². The molecule has 1 rings (SSSR count). The van der Waals surface area contributed by atoms with Crippen LogP contribution in [-0.4, -0.2) is 28.6 Å². The van der Waals surface area contributed by atoms with E-state index in [-0.39, 0.29) is 18.0 Å². The van der Waals surface area contributed by atoms with Gasteiger partial charge in [-0.15, -0.1) is 0 Å². The molecule has 0 aliphatic carbocycles. The molecular weight excluding hydrogens is 218 g/mol. The Morgan fingerprint density at radius 1 is 1.41 bits per heavy atom. The average molecular weight is 237 g/mol. The van der Waals surface area contributed by atoms with Crippen LogP contribution in [0.1, 0.15) is 26.5 Å². The van der Waals surface area contributed by atoms with Gasteiger partial charge in [-0.3, -0.25) is 4.79 Å². The quantitative estimate of drug-likeness (QED) is 0.791. The molecule has 1 unspecified atom stereocenters. The number of aryl methyl sites for hydroxylation is 1. The lowest BCUT2D eigenvalue weighted by atomic mass is 10.2. The summed E-state index contributed by atoms with van der Waals surface area (Å²) < 4.78 is 5.11. The van der Waals surface area contributed by atoms with Crippen molar-refractivity contribution in [3.8, 4) is 0 Å². The van der Waals surface area contributed by atoms with Gasteiger partial charge in [0, 0.05) is 18.3 Å². The predicted octanol–water partition coefficient (Wildman–Crippen LogP) is 1.78. The number of esters is 1. The standard InChI is InChI=1S/C12H19N3O2/c1-8(2)17-12(16)9(3)6-13-11-5-10(4)14-7-15-11/h5,7-9H,6H2,1-4H3,(H,13,14,15). The average Bonchev–Trinajstić information content (AvgIpc) is 2.25. The summed E-state index contributed by atoms with van der Waals surface area (Å²) in [5, 5.41) is 3.09. The van der Waals surface area contributed by atoms with Crippen molar-refractivity contribution in [2.75, 3.05) is 11.9 Å². The first-order valence-corrected chi connectivity index (χ1v) is 5.72. The van der Waals surface area contributed by atoms with Gasteiger partial charge in [-0.1, -0.05) is 6.92 Å². The number of nitrogens with one attached hydrogen (secondary N) is 1. The van der Waals surface area contributed by atoms with Crippen LogP contribution < -0.4 is 5.32 Å². The summed E-state index contributed by atoms with van der Waals surface area (Å²) >= 11 is 0. The van der Waals surface area contributed by atoms with E-state index < -0.39 is 0 Å². The molecule has 5 nitrogen and oxygen atoms in total. The van der Waals surface area contributed by atoms with Crippen molar-refractivity contribution in [1.29, 1.82) is 0 Å². The number of hydrogen-bond donors (Lipinski definition) is 1. The Hall–Kier alpha value is -1.65. The molecule has 1 aromatic heterocycles. The van der Waals surface area contributed by atoms with E-state index in [1.807, 2.05) is 33.8 Å². The highest BCUT2D eigenvalue weighted by Gasteiger charge is 2.15. The summed E-state index contributed by atoms with van der Waals surface area (Å²) in [5.41, 5.74) is 0.889. The normalized spacial score (nSPS) is 12.3. The zero-order valence-electron chi connectivity index (χ0n) is 10.7. The molecule has 94 valence electrons. The number of aromatic nitrogens is 2. The smallest absolute Gasteiger partial charge is 0.310 e. The summed E-state index contributed by atoms with van der Waals surface area (Å²) in [6.45, 7) is 7.90. The minimum absolute atomic E-state index is 0.0776. The molecule has 1 aromatic rings. The molecule has 0 bridgehead atoms. The summed E-state index contributed by atoms with van der Waals surface area (Å²) in [7, 11) is 0. The van der Waals surface area contributed by atoms with E-state index in [1.54, 1.807) is 0 Å². The fraction of sp³-hybridized carbons (Fsp3) is 0.583. The lowest BCUT2D eigenvalue weighted by Crippen LogP contribution is -2.25. The van der Waals surface area contributed by atoms with E-state index >= 15 is 0 Å². The van der Waals surface area contributed by atoms with Crippen molar-refractivity contribution in [3.63, 3.8) is 0 Å². The number of rotatable bonds is 5. The minimum atomic E-state index is -0.201. The first-order valence-electron chi connectivity index (χ1n) is 5.72. The van der Waals surface area contributed by atoms with Gasteiger partial charge >= 0.3 is 5.97 Å². The van der Waals surface area contributed by atoms with Crippen molar-refractivity contribution in [3.05, 3.63) is 18.1 Å². The van der Waals surface area contributed by atoms with Gasteiger partial charge < -0.3 is 10.1 Å². The van der Waals surface area contributed by atoms with Gasteiger partial charge in [0.05, 0.1) is 12.0 Å². The Bertz CT molecular complexity index is 380. The van der Waals surface area contributed by atoms with Crippen LogP contribution in [0.15, 0.2) is 12.4 Å². The number of anilines is 1. The molecule has 5 heteroatoms. The maximum Gasteiger partial charge on any atom is 0.310 e. The molecule has 0 amide bonds. The fourth-order valence-corrected chi connectivity index (χ4v) is 1.24. The minimum Gasteiger partial charge on any atom is -0.463 e. The van der Waals surface area contributed by atoms with Gasteiger partial charge in [0.25, 0.3) is 0 Å². The second-order valence-corrected chi connectivity index (χ2v) is 4.31. The van der Waals surface area contributed by atoms with Gasteiger partial charge in [0.15, 0.2) is 0 Å². The van der Waals surface area contributed by atoms with Crippen molar-refractivity contribution in [2.45, 2.75) is 33.8 Å². The first-order chi connectivity index (χ1) is 7.99. The van der Waals surface area contributed by atoms with Crippen LogP contribution in [0.3, 0.4) is 0 Å². The summed E-state index contributed by atoms with van der Waals surface area (Å²) in [6, 6.07) is 1.83. The SMILES string of the molecule is Cc1cc(NCC(C)C(=O)OC(C)C)ncn1. The third-order valence-electron chi connectivity index (χ3n) is 2.15. The Morgan fingerprint density at radius 2 is 2.12 bits per heavy atom. The second kappa shape index (κ2) is 6.18. The van der Waals surface area contributed by atoms with Crippen LogP contribution in [0.5, 0.6) is 0 Å². The molecule has 17 heavy (non-hydrogen) atoms. The third kappa shape index (κ3) is 4.80. The summed E-state index contributed by atoms with van der Waals surface area (Å²) in [5.74, 6) is 0.327. The van der Waals surface area contributed by atoms with Gasteiger partial charge in [0.1, 0.15) is 12.1 Å². The lowest BCUT2D eigenvalue weighted by Gasteiger charge is -2.14. The van der Waals surface area contributed by atoms with Gasteiger partial charge in [-0.25, -0.2) is 9.97 Å². The van der Waals surface area contributed by atoms with Crippen molar-refractivity contribution < 1.29 is 9.53 Å². The van der Waals surface area contributed by atoms with E-state index in [9.17, 15) is 4.79 Å². The molecule has 0 aromatic carbocycles. The number of nitrogens with zero attached hydrogens (tertiary/aromatic N) is 2. The Kier molecular flexibility index (Phi) is 4.87. The van der Waals surface area contributed by atoms with Gasteiger partial charge in [-0.2, -0.15) is 0 Å². The zero-order valence-corrected chi connectivity index (χ0v) is 10.7. The van der Waals surface area contributed by atoms with Crippen LogP contribution in [0, 0.1) is 12.8 Å². The molecule has 0 radical (unpaired) electrons. The van der Waals surface area contributed by atoms with E-state index in [2.05, 4.69) is 15.3 Å². The highest BCUT2D eigenvalue weighted by molar-refractivity contribution is 5.72. The molecular formula is C12H19N3O2. The van der Waals surface area contributed by atoms with E-state index in [0.717, 1.165) is 11.5 Å². The van der Waals surface area contributed by atoms with Gasteiger partial charge in [-0.05, 0) is 20.8 Å². The molecule has 1 N–H and O–H groups in total. The fourth-order valence-electron chi connectivity index (χ4n) is 1.24. The highest BCUT2D eigenvalue weighted by Crippen LogP contribution is 2.06. The molecule has 1 heterocycles. The lowest BCUT2D eigenvalue weighted by molar-refractivity contribution is -0.151. The molecule has 0 saturated heterocycles. The monoisotopic (exact) mass is 237 g/mol. The maximum absolute atomic E-state index is 11.5. The van der Waals surface area contributed by atoms with E-state index in [0.29, 0.717) is 6.54 Å². The Morgan fingerprint density at radius 3 is 2.71 bits per heavy atom. The maximum atomic E-state index is 11.5. The summed E-state index contributed by atoms with van der Waals surface area (Å²) in [4.78, 5) is 19.6. The molecule has 0 fully saturated rings. The van der Waals surface area contributed by atoms with Crippen LogP contribution >= 0.6 is 0 Å². The molecule has 0 saturated carbocycles. The number of carbonyl (C=O) groups is 1. The third-order valence-corrected chi connectivity index (χ3v) is 2.15. The number of carbonyl (C=O) groups excluding carboxylic acids is 1. The summed E-state index contributed by atoms with van der Waals surface area (Å²) in [6.07, 6.45) is 1.42. The van der Waals surface area contributed by atoms with Crippen molar-refractivity contribution in [1.82, 2.24) is 9.97 Å². The molecule has 0 spiro atoms. The molecule has 0 aliphatic heterocycles. The van der Waals surface area contributed by atoms with Crippen molar-refractivity contribution >= 4 is 11.8 Å². The number of hydrogen-bond acceptors (Lipinski definition) is 5. The van der Waals surface area contributed by atoms with Crippen LogP contribution in [0.2, 0.25) is 0 Å². The van der Waals surface area contributed by atoms with E-state index in [4.69, 9.17) is 4.74 Å². The Balaban J connectivity index is 2.42. The van der Waals surface area contributed by atoms with Crippen molar-refractivity contribution in [2.24, 2.45) is 5.92 Å². The highest BCUT2D eigenvalue weighted by atomic mass is 16.5. The van der Waals surface area contributed by atoms with Crippen LogP contribution in [0.25, 0.3) is 0 Å². The number of ether oxygens (including phenoxy) is 1. The van der Waals surface area contributed by atoms with Crippen LogP contribution in [0.4, 0.5) is 5.82 Å². The first kappa shape index (κ1) is 13.4. The second-order valence-electron chi connectivity index (χ2n) is 4.31. The van der Waals surface area contributed by atoms with Crippen LogP contribution in [-0.2, 0) is 9.53 Å².